The molecule has 0 N–H and O–H groups in total. The molecular weight excluding hydrogens is 302 g/mol. The SMILES string of the molecule is COCCN(C)C(=O)c1cc(C)c(C)c(S(=O)(=O)Cl)c1. The molecule has 5 nitrogen and oxygen atoms in total. The second-order valence-electron chi connectivity index (χ2n) is 4.57. The summed E-state index contributed by atoms with van der Waals surface area (Å²) in [6, 6.07) is 2.98. The maximum atomic E-state index is 12.2. The van der Waals surface area contributed by atoms with Crippen molar-refractivity contribution in [3.63, 3.8) is 0 Å². The molecule has 0 atom stereocenters. The predicted octanol–water partition coefficient (Wildman–Crippen LogP) is 1.95. The van der Waals surface area contributed by atoms with E-state index in [1.165, 1.54) is 11.0 Å². The summed E-state index contributed by atoms with van der Waals surface area (Å²) in [5, 5.41) is 0. The summed E-state index contributed by atoms with van der Waals surface area (Å²) in [5.41, 5.74) is 1.55. The molecule has 1 rings (SSSR count). The molecule has 0 aliphatic heterocycles. The highest BCUT2D eigenvalue weighted by molar-refractivity contribution is 8.13. The van der Waals surface area contributed by atoms with Crippen LogP contribution in [-0.4, -0.2) is 46.5 Å². The fourth-order valence-corrected chi connectivity index (χ4v) is 3.03. The first kappa shape index (κ1) is 16.9. The summed E-state index contributed by atoms with van der Waals surface area (Å²) in [6.07, 6.45) is 0. The summed E-state index contributed by atoms with van der Waals surface area (Å²) < 4.78 is 28.0. The second kappa shape index (κ2) is 6.56. The Kier molecular flexibility index (Phi) is 5.56. The van der Waals surface area contributed by atoms with Gasteiger partial charge in [-0.15, -0.1) is 0 Å². The molecular formula is C13H18ClNO4S. The smallest absolute Gasteiger partial charge is 0.261 e. The van der Waals surface area contributed by atoms with Gasteiger partial charge in [-0.05, 0) is 37.1 Å². The van der Waals surface area contributed by atoms with Crippen LogP contribution in [0.1, 0.15) is 21.5 Å². The van der Waals surface area contributed by atoms with E-state index in [1.807, 2.05) is 0 Å². The average molecular weight is 320 g/mol. The van der Waals surface area contributed by atoms with E-state index in [2.05, 4.69) is 0 Å². The Morgan fingerprint density at radius 2 is 1.95 bits per heavy atom. The molecule has 0 spiro atoms. The lowest BCUT2D eigenvalue weighted by atomic mass is 10.1. The molecule has 0 saturated heterocycles. The predicted molar refractivity (Wildman–Crippen MR) is 77.8 cm³/mol. The molecule has 20 heavy (non-hydrogen) atoms. The van der Waals surface area contributed by atoms with Gasteiger partial charge in [0.15, 0.2) is 0 Å². The molecule has 0 saturated carbocycles. The van der Waals surface area contributed by atoms with Crippen molar-refractivity contribution in [2.24, 2.45) is 0 Å². The van der Waals surface area contributed by atoms with Crippen LogP contribution in [0.15, 0.2) is 17.0 Å². The van der Waals surface area contributed by atoms with Gasteiger partial charge in [-0.3, -0.25) is 4.79 Å². The summed E-state index contributed by atoms with van der Waals surface area (Å²) >= 11 is 0. The number of benzene rings is 1. The van der Waals surface area contributed by atoms with Crippen molar-refractivity contribution in [2.75, 3.05) is 27.3 Å². The van der Waals surface area contributed by atoms with Crippen LogP contribution in [-0.2, 0) is 13.8 Å². The highest BCUT2D eigenvalue weighted by Crippen LogP contribution is 2.24. The lowest BCUT2D eigenvalue weighted by Gasteiger charge is -2.18. The first-order valence-corrected chi connectivity index (χ1v) is 8.29. The second-order valence-corrected chi connectivity index (χ2v) is 7.11. The van der Waals surface area contributed by atoms with Gasteiger partial charge in [-0.25, -0.2) is 8.42 Å². The van der Waals surface area contributed by atoms with E-state index in [0.29, 0.717) is 29.8 Å². The van der Waals surface area contributed by atoms with Crippen LogP contribution in [0.5, 0.6) is 0 Å². The van der Waals surface area contributed by atoms with Crippen LogP contribution in [0, 0.1) is 13.8 Å². The lowest BCUT2D eigenvalue weighted by molar-refractivity contribution is 0.0744. The monoisotopic (exact) mass is 319 g/mol. The van der Waals surface area contributed by atoms with Crippen LogP contribution < -0.4 is 0 Å². The van der Waals surface area contributed by atoms with Crippen LogP contribution in [0.2, 0.25) is 0 Å². The van der Waals surface area contributed by atoms with Gasteiger partial charge < -0.3 is 9.64 Å². The summed E-state index contributed by atoms with van der Waals surface area (Å²) in [6.45, 7) is 4.24. The number of aryl methyl sites for hydroxylation is 1. The Balaban J connectivity index is 3.21. The number of nitrogens with zero attached hydrogens (tertiary/aromatic N) is 1. The van der Waals surface area contributed by atoms with E-state index in [-0.39, 0.29) is 10.8 Å². The fraction of sp³-hybridized carbons (Fsp3) is 0.462. The van der Waals surface area contributed by atoms with E-state index >= 15 is 0 Å². The van der Waals surface area contributed by atoms with Crippen LogP contribution in [0.3, 0.4) is 0 Å². The molecule has 0 aliphatic rings. The number of hydrogen-bond donors (Lipinski definition) is 0. The Morgan fingerprint density at radius 3 is 2.45 bits per heavy atom. The molecule has 0 unspecified atom stereocenters. The summed E-state index contributed by atoms with van der Waals surface area (Å²) in [7, 11) is 4.70. The van der Waals surface area contributed by atoms with E-state index < -0.39 is 9.05 Å². The number of methoxy groups -OCH3 is 1. The first-order valence-electron chi connectivity index (χ1n) is 5.98. The van der Waals surface area contributed by atoms with Crippen LogP contribution in [0.25, 0.3) is 0 Å². The number of carbonyl (C=O) groups excluding carboxylic acids is 1. The first-order chi connectivity index (χ1) is 9.18. The standard InChI is InChI=1S/C13H18ClNO4S/c1-9-7-11(13(16)15(3)5-6-19-4)8-12(10(9)2)20(14,17)18/h7-8H,5-6H2,1-4H3. The molecule has 7 heteroatoms. The van der Waals surface area contributed by atoms with Gasteiger partial charge in [-0.2, -0.15) is 0 Å². The molecule has 0 heterocycles. The van der Waals surface area contributed by atoms with Gasteiger partial charge in [0.25, 0.3) is 15.0 Å². The molecule has 112 valence electrons. The van der Waals surface area contributed by atoms with Crippen molar-refractivity contribution >= 4 is 25.6 Å². The summed E-state index contributed by atoms with van der Waals surface area (Å²) in [5.74, 6) is -0.272. The third-order valence-corrected chi connectivity index (χ3v) is 4.55. The zero-order valence-corrected chi connectivity index (χ0v) is 13.5. The van der Waals surface area contributed by atoms with E-state index in [9.17, 15) is 13.2 Å². The number of hydrogen-bond acceptors (Lipinski definition) is 4. The Hall–Kier alpha value is -1.11. The zero-order valence-electron chi connectivity index (χ0n) is 11.9. The largest absolute Gasteiger partial charge is 0.383 e. The number of likely N-dealkylation sites (N-methyl/N-ethyl adjacent to an activating group) is 1. The third kappa shape index (κ3) is 3.94. The number of amides is 1. The van der Waals surface area contributed by atoms with Crippen molar-refractivity contribution in [3.05, 3.63) is 28.8 Å². The quantitative estimate of drug-likeness (QED) is 0.778. The average Bonchev–Trinajstić information content (AvgIpc) is 2.36. The highest BCUT2D eigenvalue weighted by atomic mass is 35.7. The molecule has 0 bridgehead atoms. The maximum absolute atomic E-state index is 12.2. The molecule has 0 aromatic heterocycles. The molecule has 0 aliphatic carbocycles. The Bertz CT molecular complexity index is 613. The normalized spacial score (nSPS) is 11.4. The molecule has 1 aromatic carbocycles. The molecule has 0 fully saturated rings. The third-order valence-electron chi connectivity index (χ3n) is 3.11. The van der Waals surface area contributed by atoms with Crippen molar-refractivity contribution in [1.82, 2.24) is 4.90 Å². The van der Waals surface area contributed by atoms with Crippen LogP contribution >= 0.6 is 10.7 Å². The molecule has 1 aromatic rings. The van der Waals surface area contributed by atoms with Gasteiger partial charge in [0.05, 0.1) is 11.5 Å². The minimum absolute atomic E-state index is 0.0253. The lowest BCUT2D eigenvalue weighted by Crippen LogP contribution is -2.30. The van der Waals surface area contributed by atoms with E-state index in [0.717, 1.165) is 0 Å². The van der Waals surface area contributed by atoms with Gasteiger partial charge in [0.1, 0.15) is 0 Å². The van der Waals surface area contributed by atoms with Gasteiger partial charge in [-0.1, -0.05) is 0 Å². The maximum Gasteiger partial charge on any atom is 0.261 e. The number of carbonyl (C=O) groups is 1. The van der Waals surface area contributed by atoms with Crippen LogP contribution in [0.4, 0.5) is 0 Å². The van der Waals surface area contributed by atoms with Crippen molar-refractivity contribution in [3.8, 4) is 0 Å². The minimum atomic E-state index is -3.88. The highest BCUT2D eigenvalue weighted by Gasteiger charge is 2.20. The van der Waals surface area contributed by atoms with Crippen molar-refractivity contribution in [1.29, 1.82) is 0 Å². The molecule has 0 radical (unpaired) electrons. The Morgan fingerprint density at radius 1 is 1.35 bits per heavy atom. The van der Waals surface area contributed by atoms with E-state index in [4.69, 9.17) is 15.4 Å². The van der Waals surface area contributed by atoms with Gasteiger partial charge in [0.2, 0.25) is 0 Å². The molecule has 1 amide bonds. The Labute approximate surface area is 123 Å². The number of halogens is 1. The van der Waals surface area contributed by atoms with Gasteiger partial charge >= 0.3 is 0 Å². The zero-order chi connectivity index (χ0) is 15.5. The summed E-state index contributed by atoms with van der Waals surface area (Å²) in [4.78, 5) is 13.7. The van der Waals surface area contributed by atoms with E-state index in [1.54, 1.807) is 34.1 Å². The van der Waals surface area contributed by atoms with Crippen molar-refractivity contribution in [2.45, 2.75) is 18.7 Å². The van der Waals surface area contributed by atoms with Gasteiger partial charge in [0, 0.05) is 36.9 Å². The number of ether oxygens (including phenoxy) is 1. The topological polar surface area (TPSA) is 63.7 Å². The number of rotatable bonds is 5. The fourth-order valence-electron chi connectivity index (χ4n) is 1.75. The minimum Gasteiger partial charge on any atom is -0.383 e. The van der Waals surface area contributed by atoms with Crippen molar-refractivity contribution < 1.29 is 17.9 Å².